The quantitative estimate of drug-likeness (QED) is 0.905. The molecule has 0 aliphatic heterocycles. The van der Waals surface area contributed by atoms with E-state index >= 15 is 0 Å². The summed E-state index contributed by atoms with van der Waals surface area (Å²) in [4.78, 5) is 24.2. The van der Waals surface area contributed by atoms with Crippen LogP contribution in [0.25, 0.3) is 0 Å². The Hall–Kier alpha value is -1.06. The van der Waals surface area contributed by atoms with Gasteiger partial charge in [0.1, 0.15) is 0 Å². The van der Waals surface area contributed by atoms with Crippen molar-refractivity contribution in [3.63, 3.8) is 0 Å². The second kappa shape index (κ2) is 5.54. The van der Waals surface area contributed by atoms with Gasteiger partial charge in [0.15, 0.2) is 5.78 Å². The van der Waals surface area contributed by atoms with Crippen molar-refractivity contribution in [1.29, 1.82) is 0 Å². The minimum Gasteiger partial charge on any atom is -0.369 e. The lowest BCUT2D eigenvalue weighted by Crippen LogP contribution is -2.32. The van der Waals surface area contributed by atoms with Crippen LogP contribution in [0.1, 0.15) is 54.1 Å². The zero-order chi connectivity index (χ0) is 16.1. The number of halogens is 2. The Morgan fingerprint density at radius 3 is 2.55 bits per heavy atom. The van der Waals surface area contributed by atoms with Gasteiger partial charge in [0.05, 0.1) is 16.5 Å². The van der Waals surface area contributed by atoms with Crippen LogP contribution in [0.15, 0.2) is 6.07 Å². The minimum atomic E-state index is -0.458. The van der Waals surface area contributed by atoms with Crippen molar-refractivity contribution in [1.82, 2.24) is 0 Å². The molecule has 1 aromatic rings. The highest BCUT2D eigenvalue weighted by atomic mass is 35.5. The summed E-state index contributed by atoms with van der Waals surface area (Å²) in [6.45, 7) is 2.04. The Morgan fingerprint density at radius 2 is 1.95 bits per heavy atom. The molecule has 22 heavy (non-hydrogen) atoms. The molecule has 0 saturated heterocycles. The summed E-state index contributed by atoms with van der Waals surface area (Å²) in [6, 6.07) is 1.84. The molecule has 0 aromatic heterocycles. The average molecular weight is 340 g/mol. The summed E-state index contributed by atoms with van der Waals surface area (Å²) in [5.74, 6) is 0.0505. The van der Waals surface area contributed by atoms with E-state index in [0.29, 0.717) is 23.5 Å². The van der Waals surface area contributed by atoms with E-state index < -0.39 is 11.3 Å². The van der Waals surface area contributed by atoms with Gasteiger partial charge in [-0.05, 0) is 36.3 Å². The Labute approximate surface area is 140 Å². The van der Waals surface area contributed by atoms with Crippen molar-refractivity contribution in [3.8, 4) is 0 Å². The van der Waals surface area contributed by atoms with Gasteiger partial charge >= 0.3 is 0 Å². The third-order valence-corrected chi connectivity index (χ3v) is 6.19. The molecule has 0 radical (unpaired) electrons. The number of rotatable bonds is 3. The van der Waals surface area contributed by atoms with Crippen LogP contribution in [-0.2, 0) is 17.6 Å². The van der Waals surface area contributed by atoms with Gasteiger partial charge in [-0.3, -0.25) is 9.59 Å². The van der Waals surface area contributed by atoms with Crippen LogP contribution in [0.3, 0.4) is 0 Å². The van der Waals surface area contributed by atoms with Gasteiger partial charge in [0.2, 0.25) is 5.91 Å². The van der Waals surface area contributed by atoms with Gasteiger partial charge in [-0.15, -0.1) is 0 Å². The highest BCUT2D eigenvalue weighted by molar-refractivity contribution is 6.45. The van der Waals surface area contributed by atoms with E-state index in [4.69, 9.17) is 28.9 Å². The van der Waals surface area contributed by atoms with Crippen LogP contribution in [0, 0.1) is 11.3 Å². The maximum Gasteiger partial charge on any atom is 0.221 e. The standard InChI is InChI=1S/C17H19Cl2NO2/c1-17(11-4-2-3-5-11)8-10-6-9(7-12(20)21)14(18)15(19)13(10)16(17)22/h6,11H,2-5,7-8H2,1H3,(H2,20,21)/t17-/m0/s1. The van der Waals surface area contributed by atoms with E-state index in [9.17, 15) is 9.59 Å². The predicted octanol–water partition coefficient (Wildman–Crippen LogP) is 3.96. The SMILES string of the molecule is C[C@@]1(C2CCCC2)Cc2cc(CC(N)=O)c(Cl)c(Cl)c2C1=O. The smallest absolute Gasteiger partial charge is 0.221 e. The van der Waals surface area contributed by atoms with Crippen LogP contribution in [0.2, 0.25) is 10.0 Å². The Bertz CT molecular complexity index is 665. The van der Waals surface area contributed by atoms with E-state index in [0.717, 1.165) is 18.4 Å². The molecule has 2 aliphatic carbocycles. The zero-order valence-electron chi connectivity index (χ0n) is 12.5. The molecule has 0 spiro atoms. The number of benzene rings is 1. The van der Waals surface area contributed by atoms with Crippen LogP contribution in [0.4, 0.5) is 0 Å². The fourth-order valence-corrected chi connectivity index (χ4v) is 4.64. The van der Waals surface area contributed by atoms with Crippen molar-refractivity contribution in [3.05, 3.63) is 32.8 Å². The van der Waals surface area contributed by atoms with E-state index in [1.165, 1.54) is 12.8 Å². The fraction of sp³-hybridized carbons (Fsp3) is 0.529. The molecular weight excluding hydrogens is 321 g/mol. The number of carbonyl (C=O) groups is 2. The topological polar surface area (TPSA) is 60.2 Å². The average Bonchev–Trinajstić information content (AvgIpc) is 3.05. The van der Waals surface area contributed by atoms with Crippen LogP contribution >= 0.6 is 23.2 Å². The number of hydrogen-bond donors (Lipinski definition) is 1. The first-order valence-electron chi connectivity index (χ1n) is 7.67. The molecule has 118 valence electrons. The van der Waals surface area contributed by atoms with Gasteiger partial charge in [-0.1, -0.05) is 49.0 Å². The number of primary amides is 1. The number of hydrogen-bond acceptors (Lipinski definition) is 2. The maximum atomic E-state index is 13.0. The van der Waals surface area contributed by atoms with Crippen LogP contribution < -0.4 is 5.73 Å². The Morgan fingerprint density at radius 1 is 1.32 bits per heavy atom. The molecule has 5 heteroatoms. The van der Waals surface area contributed by atoms with Crippen molar-refractivity contribution >= 4 is 34.9 Å². The summed E-state index contributed by atoms with van der Waals surface area (Å²) in [5, 5.41) is 0.561. The molecule has 2 N–H and O–H groups in total. The fourth-order valence-electron chi connectivity index (χ4n) is 4.09. The first-order chi connectivity index (χ1) is 10.3. The molecule has 1 atom stereocenters. The van der Waals surface area contributed by atoms with Gasteiger partial charge in [0.25, 0.3) is 0 Å². The van der Waals surface area contributed by atoms with Gasteiger partial charge in [-0.25, -0.2) is 0 Å². The van der Waals surface area contributed by atoms with E-state index in [1.807, 2.05) is 13.0 Å². The first-order valence-corrected chi connectivity index (χ1v) is 8.43. The third-order valence-electron chi connectivity index (χ3n) is 5.29. The van der Waals surface area contributed by atoms with E-state index in [-0.39, 0.29) is 22.2 Å². The number of ketones is 1. The molecule has 1 saturated carbocycles. The molecule has 3 rings (SSSR count). The largest absolute Gasteiger partial charge is 0.369 e. The molecule has 0 unspecified atom stereocenters. The molecule has 0 heterocycles. The van der Waals surface area contributed by atoms with Crippen molar-refractivity contribution < 1.29 is 9.59 Å². The lowest BCUT2D eigenvalue weighted by molar-refractivity contribution is -0.117. The normalized spacial score (nSPS) is 24.8. The Balaban J connectivity index is 2.05. The highest BCUT2D eigenvalue weighted by Crippen LogP contribution is 2.51. The van der Waals surface area contributed by atoms with Gasteiger partial charge in [-0.2, -0.15) is 0 Å². The molecular formula is C17H19Cl2NO2. The zero-order valence-corrected chi connectivity index (χ0v) is 14.1. The number of amides is 1. The van der Waals surface area contributed by atoms with E-state index in [2.05, 4.69) is 0 Å². The van der Waals surface area contributed by atoms with Crippen LogP contribution in [-0.4, -0.2) is 11.7 Å². The lowest BCUT2D eigenvalue weighted by Gasteiger charge is -2.29. The third kappa shape index (κ3) is 2.35. The summed E-state index contributed by atoms with van der Waals surface area (Å²) < 4.78 is 0. The van der Waals surface area contributed by atoms with Crippen molar-refractivity contribution in [2.75, 3.05) is 0 Å². The number of nitrogens with two attached hydrogens (primary N) is 1. The second-order valence-corrected chi connectivity index (χ2v) is 7.50. The summed E-state index contributed by atoms with van der Waals surface area (Å²) in [6.07, 6.45) is 5.27. The molecule has 3 nitrogen and oxygen atoms in total. The lowest BCUT2D eigenvalue weighted by atomic mass is 9.73. The van der Waals surface area contributed by atoms with E-state index in [1.54, 1.807) is 0 Å². The van der Waals surface area contributed by atoms with Crippen molar-refractivity contribution in [2.24, 2.45) is 17.1 Å². The van der Waals surface area contributed by atoms with Crippen LogP contribution in [0.5, 0.6) is 0 Å². The molecule has 0 bridgehead atoms. The molecule has 1 fully saturated rings. The highest BCUT2D eigenvalue weighted by Gasteiger charge is 2.49. The number of carbonyl (C=O) groups excluding carboxylic acids is 2. The monoisotopic (exact) mass is 339 g/mol. The number of Topliss-reactive ketones (excluding diaryl/α,β-unsaturated/α-hetero) is 1. The maximum absolute atomic E-state index is 13.0. The Kier molecular flexibility index (Phi) is 3.98. The minimum absolute atomic E-state index is 0.0418. The number of fused-ring (bicyclic) bond motifs is 1. The molecule has 1 aromatic carbocycles. The molecule has 2 aliphatic rings. The summed E-state index contributed by atoms with van der Waals surface area (Å²) >= 11 is 12.6. The molecule has 1 amide bonds. The second-order valence-electron chi connectivity index (χ2n) is 6.75. The van der Waals surface area contributed by atoms with Gasteiger partial charge < -0.3 is 5.73 Å². The van der Waals surface area contributed by atoms with Gasteiger partial charge in [0, 0.05) is 11.0 Å². The summed E-state index contributed by atoms with van der Waals surface area (Å²) in [5.41, 5.74) is 6.94. The van der Waals surface area contributed by atoms with Crippen molar-refractivity contribution in [2.45, 2.75) is 45.4 Å². The first kappa shape index (κ1) is 15.8. The predicted molar refractivity (Wildman–Crippen MR) is 87.5 cm³/mol. The summed E-state index contributed by atoms with van der Waals surface area (Å²) in [7, 11) is 0.